The second-order valence-electron chi connectivity index (χ2n) is 2.64. The first-order chi connectivity index (χ1) is 6.13. The zero-order valence-electron chi connectivity index (χ0n) is 6.79. The quantitative estimate of drug-likeness (QED) is 0.495. The first-order valence-corrected chi connectivity index (χ1v) is 3.44. The van der Waals surface area contributed by atoms with E-state index in [1.165, 1.54) is 0 Å². The molecule has 0 heterocycles. The molecular formula is C7H7F7. The summed E-state index contributed by atoms with van der Waals surface area (Å²) in [6.45, 7) is 2.61. The highest BCUT2D eigenvalue weighted by Gasteiger charge is 2.52. The van der Waals surface area contributed by atoms with Gasteiger partial charge in [0.2, 0.25) is 0 Å². The number of hydrogen-bond donors (Lipinski definition) is 0. The Bertz CT molecular complexity index is 198. The van der Waals surface area contributed by atoms with Crippen molar-refractivity contribution in [3.63, 3.8) is 0 Å². The van der Waals surface area contributed by atoms with Crippen molar-refractivity contribution in [3.8, 4) is 0 Å². The van der Waals surface area contributed by atoms with Crippen molar-refractivity contribution in [2.45, 2.75) is 30.9 Å². The van der Waals surface area contributed by atoms with Gasteiger partial charge in [-0.2, -0.15) is 0 Å². The van der Waals surface area contributed by atoms with E-state index in [4.69, 9.17) is 0 Å². The maximum atomic E-state index is 12.4. The first-order valence-electron chi connectivity index (χ1n) is 3.44. The molecule has 0 amide bonds. The van der Waals surface area contributed by atoms with Crippen molar-refractivity contribution in [2.75, 3.05) is 0 Å². The molecule has 0 nitrogen and oxygen atoms in total. The molecule has 0 saturated heterocycles. The van der Waals surface area contributed by atoms with Crippen LogP contribution in [-0.2, 0) is 0 Å². The van der Waals surface area contributed by atoms with E-state index in [0.29, 0.717) is 0 Å². The lowest BCUT2D eigenvalue weighted by atomic mass is 10.1. The van der Waals surface area contributed by atoms with Gasteiger partial charge >= 0.3 is 12.3 Å². The first kappa shape index (κ1) is 13.2. The van der Waals surface area contributed by atoms with Crippen molar-refractivity contribution in [3.05, 3.63) is 12.7 Å². The molecule has 0 aliphatic rings. The van der Waals surface area contributed by atoms with Crippen molar-refractivity contribution < 1.29 is 30.7 Å². The Morgan fingerprint density at radius 3 is 1.71 bits per heavy atom. The van der Waals surface area contributed by atoms with Crippen LogP contribution < -0.4 is 0 Å². The fourth-order valence-electron chi connectivity index (χ4n) is 0.661. The minimum Gasteiger partial charge on any atom is -0.236 e. The zero-order valence-corrected chi connectivity index (χ0v) is 6.79. The van der Waals surface area contributed by atoms with Crippen LogP contribution in [0.25, 0.3) is 0 Å². The third kappa shape index (κ3) is 3.19. The van der Waals surface area contributed by atoms with Crippen LogP contribution in [0.4, 0.5) is 30.7 Å². The standard InChI is InChI=1S/C7H7F7/c1-2-4(8)6(11,12)3-7(13,14)5(9)10/h2,4-5H,1,3H2. The fourth-order valence-corrected chi connectivity index (χ4v) is 0.661. The van der Waals surface area contributed by atoms with Crippen LogP contribution in [0.3, 0.4) is 0 Å². The summed E-state index contributed by atoms with van der Waals surface area (Å²) >= 11 is 0. The van der Waals surface area contributed by atoms with Crippen molar-refractivity contribution >= 4 is 0 Å². The van der Waals surface area contributed by atoms with E-state index in [0.717, 1.165) is 0 Å². The predicted molar refractivity (Wildman–Crippen MR) is 35.6 cm³/mol. The zero-order chi connectivity index (χ0) is 11.6. The maximum Gasteiger partial charge on any atom is 0.313 e. The molecule has 0 rings (SSSR count). The van der Waals surface area contributed by atoms with Crippen molar-refractivity contribution in [2.24, 2.45) is 0 Å². The molecule has 0 aromatic carbocycles. The SMILES string of the molecule is C=CC(F)C(F)(F)CC(F)(F)C(F)F. The van der Waals surface area contributed by atoms with E-state index in [9.17, 15) is 30.7 Å². The van der Waals surface area contributed by atoms with Crippen LogP contribution in [0.2, 0.25) is 0 Å². The second-order valence-corrected chi connectivity index (χ2v) is 2.64. The van der Waals surface area contributed by atoms with E-state index >= 15 is 0 Å². The summed E-state index contributed by atoms with van der Waals surface area (Å²) in [5.41, 5.74) is 0. The molecule has 1 atom stereocenters. The van der Waals surface area contributed by atoms with Gasteiger partial charge in [0.1, 0.15) is 0 Å². The van der Waals surface area contributed by atoms with Crippen molar-refractivity contribution in [1.29, 1.82) is 0 Å². The molecule has 7 heteroatoms. The molecule has 0 bridgehead atoms. The Morgan fingerprint density at radius 2 is 1.43 bits per heavy atom. The molecule has 0 spiro atoms. The molecular weight excluding hydrogens is 217 g/mol. The normalized spacial score (nSPS) is 15.7. The molecule has 1 unspecified atom stereocenters. The summed E-state index contributed by atoms with van der Waals surface area (Å²) in [5.74, 6) is -9.45. The molecule has 0 aromatic rings. The number of alkyl halides is 7. The van der Waals surface area contributed by atoms with Gasteiger partial charge in [-0.1, -0.05) is 12.7 Å². The monoisotopic (exact) mass is 224 g/mol. The highest BCUT2D eigenvalue weighted by Crippen LogP contribution is 2.38. The van der Waals surface area contributed by atoms with E-state index in [2.05, 4.69) is 6.58 Å². The largest absolute Gasteiger partial charge is 0.313 e. The van der Waals surface area contributed by atoms with Crippen LogP contribution >= 0.6 is 0 Å². The molecule has 0 N–H and O–H groups in total. The van der Waals surface area contributed by atoms with Gasteiger partial charge in [-0.05, 0) is 0 Å². The molecule has 84 valence electrons. The van der Waals surface area contributed by atoms with E-state index < -0.39 is 30.9 Å². The second kappa shape index (κ2) is 4.18. The molecule has 14 heavy (non-hydrogen) atoms. The average molecular weight is 224 g/mol. The van der Waals surface area contributed by atoms with E-state index in [1.54, 1.807) is 0 Å². The molecule has 0 fully saturated rings. The Balaban J connectivity index is 4.57. The molecule has 0 radical (unpaired) electrons. The van der Waals surface area contributed by atoms with Gasteiger partial charge in [0.15, 0.2) is 6.17 Å². The number of halogens is 7. The van der Waals surface area contributed by atoms with Crippen LogP contribution in [0, 0.1) is 0 Å². The summed E-state index contributed by atoms with van der Waals surface area (Å²) in [4.78, 5) is 0. The summed E-state index contributed by atoms with van der Waals surface area (Å²) in [6, 6.07) is 0. The fraction of sp³-hybridized carbons (Fsp3) is 0.714. The van der Waals surface area contributed by atoms with Gasteiger partial charge in [0, 0.05) is 0 Å². The predicted octanol–water partition coefficient (Wildman–Crippen LogP) is 3.44. The van der Waals surface area contributed by atoms with Crippen LogP contribution in [0.1, 0.15) is 6.42 Å². The summed E-state index contributed by atoms with van der Waals surface area (Å²) in [6.07, 6.45) is -9.76. The van der Waals surface area contributed by atoms with Gasteiger partial charge < -0.3 is 0 Å². The lowest BCUT2D eigenvalue weighted by molar-refractivity contribution is -0.190. The Morgan fingerprint density at radius 1 is 1.00 bits per heavy atom. The Kier molecular flexibility index (Phi) is 3.96. The van der Waals surface area contributed by atoms with Crippen molar-refractivity contribution in [1.82, 2.24) is 0 Å². The maximum absolute atomic E-state index is 12.4. The molecule has 0 saturated carbocycles. The summed E-state index contributed by atoms with van der Waals surface area (Å²) in [5, 5.41) is 0. The van der Waals surface area contributed by atoms with Crippen LogP contribution in [0.5, 0.6) is 0 Å². The Labute approximate surface area is 75.4 Å². The van der Waals surface area contributed by atoms with Gasteiger partial charge in [0.05, 0.1) is 6.42 Å². The lowest BCUT2D eigenvalue weighted by Crippen LogP contribution is -2.39. The smallest absolute Gasteiger partial charge is 0.236 e. The number of rotatable bonds is 5. The van der Waals surface area contributed by atoms with Crippen LogP contribution in [0.15, 0.2) is 12.7 Å². The van der Waals surface area contributed by atoms with Gasteiger partial charge in [-0.25, -0.2) is 30.7 Å². The van der Waals surface area contributed by atoms with Gasteiger partial charge in [-0.3, -0.25) is 0 Å². The van der Waals surface area contributed by atoms with E-state index in [1.807, 2.05) is 0 Å². The Hall–Kier alpha value is -0.750. The third-order valence-electron chi connectivity index (χ3n) is 1.40. The molecule has 0 aliphatic heterocycles. The number of hydrogen-bond acceptors (Lipinski definition) is 0. The summed E-state index contributed by atoms with van der Waals surface area (Å²) in [7, 11) is 0. The number of allylic oxidation sites excluding steroid dienone is 1. The summed E-state index contributed by atoms with van der Waals surface area (Å²) < 4.78 is 84.3. The highest BCUT2D eigenvalue weighted by molar-refractivity contribution is 4.93. The highest BCUT2D eigenvalue weighted by atomic mass is 19.3. The van der Waals surface area contributed by atoms with Gasteiger partial charge in [0.25, 0.3) is 5.92 Å². The lowest BCUT2D eigenvalue weighted by Gasteiger charge is -2.23. The van der Waals surface area contributed by atoms with E-state index in [-0.39, 0.29) is 6.08 Å². The molecule has 0 aliphatic carbocycles. The van der Waals surface area contributed by atoms with Crippen LogP contribution in [-0.4, -0.2) is 24.4 Å². The average Bonchev–Trinajstić information content (AvgIpc) is 2.00. The topological polar surface area (TPSA) is 0 Å². The minimum atomic E-state index is -4.91. The minimum absolute atomic E-state index is 0.0849. The molecule has 0 aromatic heterocycles. The third-order valence-corrected chi connectivity index (χ3v) is 1.40. The van der Waals surface area contributed by atoms with Gasteiger partial charge in [-0.15, -0.1) is 0 Å².